The van der Waals surface area contributed by atoms with Crippen LogP contribution in [0, 0.1) is 5.92 Å². The number of anilines is 1. The van der Waals surface area contributed by atoms with E-state index in [9.17, 15) is 4.79 Å². The number of piperidine rings is 1. The van der Waals surface area contributed by atoms with Gasteiger partial charge < -0.3 is 9.80 Å². The Morgan fingerprint density at radius 1 is 1.26 bits per heavy atom. The van der Waals surface area contributed by atoms with Gasteiger partial charge in [-0.05, 0) is 43.8 Å². The molecule has 0 atom stereocenters. The minimum absolute atomic E-state index is 0.0554. The average molecular weight is 333 g/mol. The van der Waals surface area contributed by atoms with E-state index in [2.05, 4.69) is 40.3 Å². The van der Waals surface area contributed by atoms with Gasteiger partial charge in [0.25, 0.3) is 0 Å². The van der Waals surface area contributed by atoms with Gasteiger partial charge in [0.1, 0.15) is 0 Å². The zero-order valence-electron chi connectivity index (χ0n) is 14.5. The maximum absolute atomic E-state index is 12.7. The Kier molecular flexibility index (Phi) is 5.02. The normalized spacial score (nSPS) is 20.3. The summed E-state index contributed by atoms with van der Waals surface area (Å²) in [5.74, 6) is 1.53. The first kappa shape index (κ1) is 16.8. The molecule has 23 heavy (non-hydrogen) atoms. The molecule has 0 radical (unpaired) electrons. The molecule has 1 spiro atoms. The van der Waals surface area contributed by atoms with E-state index in [1.165, 1.54) is 30.7 Å². The highest BCUT2D eigenvalue weighted by molar-refractivity contribution is 7.98. The third-order valence-electron chi connectivity index (χ3n) is 5.41. The number of benzene rings is 1. The number of thioether (sulfide) groups is 1. The first-order chi connectivity index (χ1) is 11.1. The molecule has 0 unspecified atom stereocenters. The summed E-state index contributed by atoms with van der Waals surface area (Å²) in [5, 5.41) is 0. The molecule has 0 saturated carbocycles. The number of hydrogen-bond donors (Lipinski definition) is 0. The monoisotopic (exact) mass is 332 g/mol. The Morgan fingerprint density at radius 3 is 2.61 bits per heavy atom. The lowest BCUT2D eigenvalue weighted by molar-refractivity contribution is -0.121. The lowest BCUT2D eigenvalue weighted by Gasteiger charge is -2.40. The van der Waals surface area contributed by atoms with E-state index in [0.717, 1.165) is 25.3 Å². The van der Waals surface area contributed by atoms with E-state index < -0.39 is 0 Å². The molecule has 1 aromatic carbocycles. The van der Waals surface area contributed by atoms with Crippen LogP contribution in [0.1, 0.15) is 32.3 Å². The molecule has 1 fully saturated rings. The topological polar surface area (TPSA) is 23.6 Å². The lowest BCUT2D eigenvalue weighted by Crippen LogP contribution is -2.47. The summed E-state index contributed by atoms with van der Waals surface area (Å²) < 4.78 is 0. The fourth-order valence-corrected chi connectivity index (χ4v) is 4.43. The molecule has 1 amide bonds. The van der Waals surface area contributed by atoms with Gasteiger partial charge in [-0.1, -0.05) is 32.0 Å². The van der Waals surface area contributed by atoms with E-state index >= 15 is 0 Å². The van der Waals surface area contributed by atoms with Gasteiger partial charge >= 0.3 is 0 Å². The van der Waals surface area contributed by atoms with Crippen molar-refractivity contribution >= 4 is 23.4 Å². The smallest absolute Gasteiger partial charge is 0.229 e. The Labute approximate surface area is 144 Å². The number of para-hydroxylation sites is 1. The lowest BCUT2D eigenvalue weighted by atomic mass is 9.74. The first-order valence-corrected chi connectivity index (χ1v) is 10.1. The quantitative estimate of drug-likeness (QED) is 0.844. The van der Waals surface area contributed by atoms with E-state index in [1.807, 2.05) is 25.6 Å². The number of hydrogen-bond acceptors (Lipinski definition) is 3. The second-order valence-electron chi connectivity index (χ2n) is 7.21. The first-order valence-electron chi connectivity index (χ1n) is 8.69. The van der Waals surface area contributed by atoms with Crippen LogP contribution in [0.4, 0.5) is 5.69 Å². The summed E-state index contributed by atoms with van der Waals surface area (Å²) in [6.45, 7) is 8.37. The van der Waals surface area contributed by atoms with Crippen molar-refractivity contribution in [2.45, 2.75) is 32.1 Å². The Bertz CT molecular complexity index is 564. The Morgan fingerprint density at radius 2 is 1.96 bits per heavy atom. The third kappa shape index (κ3) is 3.16. The van der Waals surface area contributed by atoms with Crippen molar-refractivity contribution in [3.63, 3.8) is 0 Å². The molecule has 0 bridgehead atoms. The van der Waals surface area contributed by atoms with Gasteiger partial charge in [-0.15, -0.1) is 0 Å². The Hall–Kier alpha value is -1.00. The highest BCUT2D eigenvalue weighted by Crippen LogP contribution is 2.47. The summed E-state index contributed by atoms with van der Waals surface area (Å²) in [6.07, 6.45) is 4.51. The van der Waals surface area contributed by atoms with Crippen molar-refractivity contribution < 1.29 is 4.79 Å². The second kappa shape index (κ2) is 6.86. The van der Waals surface area contributed by atoms with Crippen molar-refractivity contribution in [3.05, 3.63) is 29.8 Å². The van der Waals surface area contributed by atoms with Crippen LogP contribution in [-0.2, 0) is 10.2 Å². The molecule has 1 aromatic rings. The van der Waals surface area contributed by atoms with Crippen LogP contribution in [0.3, 0.4) is 0 Å². The van der Waals surface area contributed by atoms with E-state index in [0.29, 0.717) is 0 Å². The molecule has 126 valence electrons. The van der Waals surface area contributed by atoms with Crippen LogP contribution in [0.2, 0.25) is 0 Å². The maximum Gasteiger partial charge on any atom is 0.229 e. The SMILES string of the molecule is CSCCN1CCC2(CC1)CN(C(=O)C(C)C)c1ccccc12. The molecule has 0 N–H and O–H groups in total. The molecule has 1 saturated heterocycles. The van der Waals surface area contributed by atoms with Crippen LogP contribution >= 0.6 is 11.8 Å². The Balaban J connectivity index is 1.81. The van der Waals surface area contributed by atoms with Crippen molar-refractivity contribution in [1.82, 2.24) is 4.90 Å². The van der Waals surface area contributed by atoms with E-state index in [-0.39, 0.29) is 17.2 Å². The van der Waals surface area contributed by atoms with Crippen molar-refractivity contribution in [3.8, 4) is 0 Å². The van der Waals surface area contributed by atoms with Crippen LogP contribution < -0.4 is 4.90 Å². The summed E-state index contributed by atoms with van der Waals surface area (Å²) in [7, 11) is 0. The summed E-state index contributed by atoms with van der Waals surface area (Å²) in [5.41, 5.74) is 2.74. The third-order valence-corrected chi connectivity index (χ3v) is 6.00. The van der Waals surface area contributed by atoms with Gasteiger partial charge in [0.2, 0.25) is 5.91 Å². The molecule has 0 aliphatic carbocycles. The zero-order valence-corrected chi connectivity index (χ0v) is 15.4. The van der Waals surface area contributed by atoms with E-state index in [4.69, 9.17) is 0 Å². The van der Waals surface area contributed by atoms with Crippen LogP contribution in [0.5, 0.6) is 0 Å². The summed E-state index contributed by atoms with van der Waals surface area (Å²) in [4.78, 5) is 17.3. The van der Waals surface area contributed by atoms with Gasteiger partial charge in [0.05, 0.1) is 0 Å². The van der Waals surface area contributed by atoms with Gasteiger partial charge in [-0.25, -0.2) is 0 Å². The minimum atomic E-state index is 0.0554. The standard InChI is InChI=1S/C19H28N2OS/c1-15(2)18(22)21-14-19(16-6-4-5-7-17(16)21)8-10-20(11-9-19)12-13-23-3/h4-7,15H,8-14H2,1-3H3. The summed E-state index contributed by atoms with van der Waals surface area (Å²) >= 11 is 1.92. The predicted molar refractivity (Wildman–Crippen MR) is 99.4 cm³/mol. The van der Waals surface area contributed by atoms with Gasteiger partial charge in [-0.2, -0.15) is 11.8 Å². The molecule has 2 aliphatic heterocycles. The van der Waals surface area contributed by atoms with Crippen molar-refractivity contribution in [1.29, 1.82) is 0 Å². The molecule has 4 heteroatoms. The number of likely N-dealkylation sites (tertiary alicyclic amines) is 1. The van der Waals surface area contributed by atoms with Gasteiger partial charge in [-0.3, -0.25) is 4.79 Å². The average Bonchev–Trinajstić information content (AvgIpc) is 2.88. The largest absolute Gasteiger partial charge is 0.311 e. The molecule has 3 nitrogen and oxygen atoms in total. The fourth-order valence-electron chi connectivity index (χ4n) is 3.99. The molecule has 2 aliphatic rings. The van der Waals surface area contributed by atoms with Crippen LogP contribution in [-0.4, -0.2) is 49.0 Å². The highest BCUT2D eigenvalue weighted by Gasteiger charge is 2.46. The molecule has 2 heterocycles. The number of rotatable bonds is 4. The highest BCUT2D eigenvalue weighted by atomic mass is 32.2. The second-order valence-corrected chi connectivity index (χ2v) is 8.20. The number of nitrogens with zero attached hydrogens (tertiary/aromatic N) is 2. The van der Waals surface area contributed by atoms with E-state index in [1.54, 1.807) is 0 Å². The summed E-state index contributed by atoms with van der Waals surface area (Å²) in [6, 6.07) is 8.57. The minimum Gasteiger partial charge on any atom is -0.311 e. The van der Waals surface area contributed by atoms with Gasteiger partial charge in [0, 0.05) is 35.9 Å². The predicted octanol–water partition coefficient (Wildman–Crippen LogP) is 3.39. The molecule has 0 aromatic heterocycles. The number of fused-ring (bicyclic) bond motifs is 2. The molecular formula is C19H28N2OS. The fraction of sp³-hybridized carbons (Fsp3) is 0.632. The zero-order chi connectivity index (χ0) is 16.4. The number of carbonyl (C=O) groups is 1. The molecule has 3 rings (SSSR count). The van der Waals surface area contributed by atoms with Crippen molar-refractivity contribution in [2.75, 3.05) is 43.1 Å². The van der Waals surface area contributed by atoms with Crippen LogP contribution in [0.15, 0.2) is 24.3 Å². The maximum atomic E-state index is 12.7. The number of amides is 1. The molecular weight excluding hydrogens is 304 g/mol. The van der Waals surface area contributed by atoms with Crippen molar-refractivity contribution in [2.24, 2.45) is 5.92 Å². The number of carbonyl (C=O) groups excluding carboxylic acids is 1. The van der Waals surface area contributed by atoms with Gasteiger partial charge in [0.15, 0.2) is 0 Å². The van der Waals surface area contributed by atoms with Crippen LogP contribution in [0.25, 0.3) is 0 Å².